The maximum Gasteiger partial charge on any atom is 0.191 e. The van der Waals surface area contributed by atoms with E-state index in [0.717, 1.165) is 44.8 Å². The Kier molecular flexibility index (Phi) is 7.35. The predicted octanol–water partition coefficient (Wildman–Crippen LogP) is 5.08. The molecule has 1 aliphatic heterocycles. The number of morpholine rings is 1. The van der Waals surface area contributed by atoms with E-state index in [1.54, 1.807) is 0 Å². The van der Waals surface area contributed by atoms with Crippen molar-refractivity contribution in [1.82, 2.24) is 10.3 Å². The minimum atomic E-state index is 0.421. The summed E-state index contributed by atoms with van der Waals surface area (Å²) in [5, 5.41) is 8.57. The monoisotopic (exact) mass is 452 g/mol. The fourth-order valence-electron chi connectivity index (χ4n) is 3.82. The van der Waals surface area contributed by atoms with Gasteiger partial charge in [0.1, 0.15) is 0 Å². The summed E-state index contributed by atoms with van der Waals surface area (Å²) in [4.78, 5) is 2.41. The van der Waals surface area contributed by atoms with E-state index in [0.29, 0.717) is 10.1 Å². The van der Waals surface area contributed by atoms with Crippen molar-refractivity contribution < 1.29 is 4.74 Å². The Morgan fingerprint density at radius 3 is 2.65 bits per heavy atom. The van der Waals surface area contributed by atoms with Crippen LogP contribution < -0.4 is 10.7 Å². The van der Waals surface area contributed by atoms with Crippen LogP contribution in [0.25, 0.3) is 6.08 Å². The number of hydrogen-bond donors (Lipinski definition) is 2. The van der Waals surface area contributed by atoms with Crippen LogP contribution in [-0.4, -0.2) is 42.5 Å². The van der Waals surface area contributed by atoms with Gasteiger partial charge < -0.3 is 15.0 Å². The molecule has 1 heterocycles. The zero-order valence-electron chi connectivity index (χ0n) is 17.2. The molecule has 2 aliphatic rings. The predicted molar refractivity (Wildman–Crippen MR) is 132 cm³/mol. The van der Waals surface area contributed by atoms with Crippen LogP contribution in [0.2, 0.25) is 5.02 Å². The zero-order chi connectivity index (χ0) is 21.5. The number of anilines is 1. The van der Waals surface area contributed by atoms with E-state index >= 15 is 0 Å². The number of nitrogens with one attached hydrogen (secondary N) is 2. The van der Waals surface area contributed by atoms with Gasteiger partial charge in [-0.2, -0.15) is 5.10 Å². The Morgan fingerprint density at radius 1 is 1.06 bits per heavy atom. The summed E-state index contributed by atoms with van der Waals surface area (Å²) >= 11 is 11.4. The van der Waals surface area contributed by atoms with E-state index in [4.69, 9.17) is 28.6 Å². The summed E-state index contributed by atoms with van der Waals surface area (Å²) in [6.07, 6.45) is 6.12. The number of rotatable bonds is 5. The summed E-state index contributed by atoms with van der Waals surface area (Å²) in [5.74, 6) is 0. The number of thiocarbonyl (C=S) groups is 1. The van der Waals surface area contributed by atoms with Crippen LogP contribution in [0.5, 0.6) is 0 Å². The Bertz CT molecular complexity index is 1010. The summed E-state index contributed by atoms with van der Waals surface area (Å²) in [6, 6.07) is 17.9. The molecule has 0 aromatic heterocycles. The quantitative estimate of drug-likeness (QED) is 0.376. The molecule has 1 saturated heterocycles. The third-order valence-electron chi connectivity index (χ3n) is 5.21. The Hall–Kier alpha value is -2.67. The van der Waals surface area contributed by atoms with Crippen molar-refractivity contribution in [3.8, 4) is 0 Å². The van der Waals surface area contributed by atoms with E-state index in [1.165, 1.54) is 22.4 Å². The molecule has 0 unspecified atom stereocenters. The highest BCUT2D eigenvalue weighted by atomic mass is 35.5. The SMILES string of the molecule is S=C(NN=CC1=C(N2CCOCC2)C(=Cc2ccccc2)CC1)Nc1cccc(Cl)c1. The van der Waals surface area contributed by atoms with Crippen LogP contribution in [0.4, 0.5) is 5.69 Å². The van der Waals surface area contributed by atoms with Gasteiger partial charge in [0.2, 0.25) is 0 Å². The molecule has 0 spiro atoms. The maximum atomic E-state index is 6.02. The first-order valence-electron chi connectivity index (χ1n) is 10.4. The van der Waals surface area contributed by atoms with E-state index in [9.17, 15) is 0 Å². The third kappa shape index (κ3) is 5.94. The number of benzene rings is 2. The first kappa shape index (κ1) is 21.6. The normalized spacial score (nSPS) is 18.1. The van der Waals surface area contributed by atoms with Crippen molar-refractivity contribution in [1.29, 1.82) is 0 Å². The first-order valence-corrected chi connectivity index (χ1v) is 11.1. The molecule has 2 aromatic rings. The van der Waals surface area contributed by atoms with Crippen molar-refractivity contribution in [2.45, 2.75) is 12.8 Å². The van der Waals surface area contributed by atoms with E-state index in [-0.39, 0.29) is 0 Å². The fourth-order valence-corrected chi connectivity index (χ4v) is 4.18. The molecule has 5 nitrogen and oxygen atoms in total. The number of nitrogens with zero attached hydrogens (tertiary/aromatic N) is 2. The van der Waals surface area contributed by atoms with Crippen molar-refractivity contribution in [2.24, 2.45) is 5.10 Å². The Morgan fingerprint density at radius 2 is 1.87 bits per heavy atom. The van der Waals surface area contributed by atoms with Crippen molar-refractivity contribution >= 4 is 46.9 Å². The topological polar surface area (TPSA) is 48.9 Å². The van der Waals surface area contributed by atoms with Gasteiger partial charge in [-0.05, 0) is 66.0 Å². The van der Waals surface area contributed by atoms with Gasteiger partial charge in [-0.1, -0.05) is 48.0 Å². The molecule has 0 saturated carbocycles. The molecule has 0 atom stereocenters. The summed E-state index contributed by atoms with van der Waals surface area (Å²) in [6.45, 7) is 3.28. The smallest absolute Gasteiger partial charge is 0.191 e. The molecular weight excluding hydrogens is 428 g/mol. The van der Waals surface area contributed by atoms with Crippen LogP contribution in [0.3, 0.4) is 0 Å². The average molecular weight is 453 g/mol. The average Bonchev–Trinajstić information content (AvgIpc) is 3.17. The molecule has 4 rings (SSSR count). The highest BCUT2D eigenvalue weighted by molar-refractivity contribution is 7.80. The summed E-state index contributed by atoms with van der Waals surface area (Å²) in [5.41, 5.74) is 8.77. The Labute approximate surface area is 193 Å². The molecule has 0 amide bonds. The lowest BCUT2D eigenvalue weighted by molar-refractivity contribution is 0.0548. The second-order valence-corrected chi connectivity index (χ2v) is 8.23. The number of hydrazone groups is 1. The fraction of sp³-hybridized carbons (Fsp3) is 0.250. The lowest BCUT2D eigenvalue weighted by Crippen LogP contribution is -2.36. The molecule has 2 N–H and O–H groups in total. The van der Waals surface area contributed by atoms with Gasteiger partial charge in [-0.15, -0.1) is 0 Å². The van der Waals surface area contributed by atoms with Gasteiger partial charge in [0.25, 0.3) is 0 Å². The lowest BCUT2D eigenvalue weighted by Gasteiger charge is -2.31. The minimum Gasteiger partial charge on any atom is -0.378 e. The van der Waals surface area contributed by atoms with Crippen molar-refractivity contribution in [3.05, 3.63) is 82.0 Å². The lowest BCUT2D eigenvalue weighted by atomic mass is 10.1. The molecule has 0 bridgehead atoms. The van der Waals surface area contributed by atoms with Crippen LogP contribution in [0, 0.1) is 0 Å². The van der Waals surface area contributed by atoms with Crippen molar-refractivity contribution in [2.75, 3.05) is 31.6 Å². The molecule has 7 heteroatoms. The van der Waals surface area contributed by atoms with Crippen LogP contribution in [0.15, 0.2) is 76.5 Å². The zero-order valence-corrected chi connectivity index (χ0v) is 18.8. The van der Waals surface area contributed by atoms with E-state index < -0.39 is 0 Å². The number of allylic oxidation sites excluding steroid dienone is 2. The molecular formula is C24H25ClN4OS. The summed E-state index contributed by atoms with van der Waals surface area (Å²) < 4.78 is 5.56. The second-order valence-electron chi connectivity index (χ2n) is 7.39. The summed E-state index contributed by atoms with van der Waals surface area (Å²) in [7, 11) is 0. The molecule has 0 radical (unpaired) electrons. The molecule has 2 aromatic carbocycles. The van der Waals surface area contributed by atoms with Gasteiger partial charge in [-0.25, -0.2) is 0 Å². The van der Waals surface area contributed by atoms with Gasteiger partial charge in [-0.3, -0.25) is 5.43 Å². The molecule has 31 heavy (non-hydrogen) atoms. The van der Waals surface area contributed by atoms with E-state index in [2.05, 4.69) is 51.1 Å². The standard InChI is InChI=1S/C24H25ClN4OS/c25-21-7-4-8-22(16-21)27-24(31)28-26-17-20-10-9-19(15-18-5-2-1-3-6-18)23(20)29-11-13-30-14-12-29/h1-8,15-17H,9-14H2,(H2,27,28,31). The van der Waals surface area contributed by atoms with E-state index in [1.807, 2.05) is 36.5 Å². The largest absolute Gasteiger partial charge is 0.378 e. The maximum absolute atomic E-state index is 6.02. The highest BCUT2D eigenvalue weighted by Gasteiger charge is 2.25. The number of hydrogen-bond acceptors (Lipinski definition) is 4. The molecule has 1 aliphatic carbocycles. The highest BCUT2D eigenvalue weighted by Crippen LogP contribution is 2.34. The molecule has 1 fully saturated rings. The first-order chi connectivity index (χ1) is 15.2. The van der Waals surface area contributed by atoms with Crippen LogP contribution in [-0.2, 0) is 4.74 Å². The molecule has 160 valence electrons. The van der Waals surface area contributed by atoms with Gasteiger partial charge >= 0.3 is 0 Å². The van der Waals surface area contributed by atoms with Crippen LogP contribution >= 0.6 is 23.8 Å². The second kappa shape index (κ2) is 10.6. The third-order valence-corrected chi connectivity index (χ3v) is 5.64. The number of ether oxygens (including phenoxy) is 1. The number of halogens is 1. The minimum absolute atomic E-state index is 0.421. The van der Waals surface area contributed by atoms with Crippen LogP contribution in [0.1, 0.15) is 18.4 Å². The Balaban J connectivity index is 1.50. The van der Waals surface area contributed by atoms with Crippen molar-refractivity contribution in [3.63, 3.8) is 0 Å². The van der Waals surface area contributed by atoms with Gasteiger partial charge in [0.15, 0.2) is 5.11 Å². The van der Waals surface area contributed by atoms with Gasteiger partial charge in [0, 0.05) is 29.5 Å². The van der Waals surface area contributed by atoms with Gasteiger partial charge in [0.05, 0.1) is 19.4 Å².